The van der Waals surface area contributed by atoms with Crippen LogP contribution in [0.4, 0.5) is 5.69 Å². The van der Waals surface area contributed by atoms with Crippen molar-refractivity contribution < 1.29 is 24.0 Å². The molecule has 28 heavy (non-hydrogen) atoms. The number of hydrogen-bond acceptors (Lipinski definition) is 6. The van der Waals surface area contributed by atoms with Crippen LogP contribution < -0.4 is 4.74 Å². The Balaban J connectivity index is 1.80. The molecule has 0 heterocycles. The molecule has 0 aliphatic heterocycles. The molecule has 0 aliphatic rings. The van der Waals surface area contributed by atoms with Crippen molar-refractivity contribution in [3.63, 3.8) is 0 Å². The normalized spacial score (nSPS) is 10.5. The highest BCUT2D eigenvalue weighted by Crippen LogP contribution is 2.13. The summed E-state index contributed by atoms with van der Waals surface area (Å²) in [5, 5.41) is 10.6. The molecule has 1 amide bonds. The number of non-ortho nitro benzene ring substituents is 1. The summed E-state index contributed by atoms with van der Waals surface area (Å²) in [5.41, 5.74) is 1.48. The van der Waals surface area contributed by atoms with E-state index in [1.807, 2.05) is 12.1 Å². The summed E-state index contributed by atoms with van der Waals surface area (Å²) < 4.78 is 10.0. The van der Waals surface area contributed by atoms with E-state index in [1.54, 1.807) is 26.3 Å². The first-order valence-electron chi connectivity index (χ1n) is 8.35. The van der Waals surface area contributed by atoms with Gasteiger partial charge in [0, 0.05) is 31.8 Å². The number of nitro groups is 1. The third-order valence-corrected chi connectivity index (χ3v) is 3.86. The van der Waals surface area contributed by atoms with Crippen LogP contribution in [-0.2, 0) is 20.9 Å². The first kappa shape index (κ1) is 20.6. The molecule has 0 radical (unpaired) electrons. The topological polar surface area (TPSA) is 99.0 Å². The Labute approximate surface area is 162 Å². The number of carbonyl (C=O) groups excluding carboxylic acids is 2. The lowest BCUT2D eigenvalue weighted by molar-refractivity contribution is -0.384. The minimum absolute atomic E-state index is 0.0368. The number of carbonyl (C=O) groups is 2. The van der Waals surface area contributed by atoms with Gasteiger partial charge in [0.2, 0.25) is 0 Å². The number of ether oxygens (including phenoxy) is 2. The van der Waals surface area contributed by atoms with E-state index in [2.05, 4.69) is 0 Å². The van der Waals surface area contributed by atoms with E-state index in [9.17, 15) is 19.7 Å². The van der Waals surface area contributed by atoms with Crippen molar-refractivity contribution in [3.8, 4) is 5.75 Å². The zero-order valence-electron chi connectivity index (χ0n) is 15.5. The van der Waals surface area contributed by atoms with Crippen molar-refractivity contribution in [1.82, 2.24) is 4.90 Å². The lowest BCUT2D eigenvalue weighted by Crippen LogP contribution is -2.30. The number of likely N-dealkylation sites (N-methyl/N-ethyl adjacent to an activating group) is 1. The molecule has 8 heteroatoms. The standard InChI is InChI=1S/C20H20N2O6/c1-21(13-16-5-10-18(27-2)11-6-16)19(23)14-28-20(24)12-7-15-3-8-17(9-4-15)22(25)26/h3-12H,13-14H2,1-2H3/b12-7+. The lowest BCUT2D eigenvalue weighted by atomic mass is 10.2. The van der Waals surface area contributed by atoms with Crippen LogP contribution in [0.1, 0.15) is 11.1 Å². The van der Waals surface area contributed by atoms with Gasteiger partial charge in [-0.05, 0) is 41.5 Å². The fourth-order valence-corrected chi connectivity index (χ4v) is 2.26. The van der Waals surface area contributed by atoms with E-state index < -0.39 is 10.9 Å². The Morgan fingerprint density at radius 1 is 1.11 bits per heavy atom. The number of hydrogen-bond donors (Lipinski definition) is 0. The zero-order valence-corrected chi connectivity index (χ0v) is 15.5. The van der Waals surface area contributed by atoms with E-state index in [0.717, 1.165) is 17.4 Å². The summed E-state index contributed by atoms with van der Waals surface area (Å²) in [6.45, 7) is -0.00486. The molecule has 8 nitrogen and oxygen atoms in total. The third-order valence-electron chi connectivity index (χ3n) is 3.86. The number of methoxy groups -OCH3 is 1. The fraction of sp³-hybridized carbons (Fsp3) is 0.200. The lowest BCUT2D eigenvalue weighted by Gasteiger charge is -2.17. The van der Waals surface area contributed by atoms with E-state index >= 15 is 0 Å². The van der Waals surface area contributed by atoms with Crippen molar-refractivity contribution in [2.75, 3.05) is 20.8 Å². The second kappa shape index (κ2) is 9.86. The first-order valence-corrected chi connectivity index (χ1v) is 8.35. The molecule has 2 aromatic carbocycles. The summed E-state index contributed by atoms with van der Waals surface area (Å²) in [6.07, 6.45) is 2.62. The van der Waals surface area contributed by atoms with Gasteiger partial charge in [-0.25, -0.2) is 4.79 Å². The Kier molecular flexibility index (Phi) is 7.27. The highest BCUT2D eigenvalue weighted by atomic mass is 16.6. The minimum Gasteiger partial charge on any atom is -0.497 e. The molecule has 0 saturated carbocycles. The van der Waals surface area contributed by atoms with Gasteiger partial charge in [-0.1, -0.05) is 12.1 Å². The molecule has 2 aromatic rings. The molecule has 2 rings (SSSR count). The number of benzene rings is 2. The average Bonchev–Trinajstić information content (AvgIpc) is 2.71. The summed E-state index contributed by atoms with van der Waals surface area (Å²) in [4.78, 5) is 35.4. The second-order valence-electron chi connectivity index (χ2n) is 5.89. The third kappa shape index (κ3) is 6.24. The van der Waals surface area contributed by atoms with Gasteiger partial charge in [-0.15, -0.1) is 0 Å². The molecule has 0 spiro atoms. The Morgan fingerprint density at radius 2 is 1.75 bits per heavy atom. The molecule has 146 valence electrons. The van der Waals surface area contributed by atoms with Crippen molar-refractivity contribution in [2.24, 2.45) is 0 Å². The maximum absolute atomic E-state index is 12.1. The fourth-order valence-electron chi connectivity index (χ4n) is 2.26. The number of esters is 1. The van der Waals surface area contributed by atoms with Crippen LogP contribution in [0, 0.1) is 10.1 Å². The van der Waals surface area contributed by atoms with Gasteiger partial charge in [0.05, 0.1) is 12.0 Å². The summed E-state index contributed by atoms with van der Waals surface area (Å²) in [7, 11) is 3.20. The number of rotatable bonds is 8. The summed E-state index contributed by atoms with van der Waals surface area (Å²) in [5.74, 6) is -0.288. The van der Waals surface area contributed by atoms with E-state index in [4.69, 9.17) is 9.47 Å². The number of nitro benzene ring substituents is 1. The Bertz CT molecular complexity index is 859. The first-order chi connectivity index (χ1) is 13.4. The van der Waals surface area contributed by atoms with Gasteiger partial charge in [0.15, 0.2) is 6.61 Å². The summed E-state index contributed by atoms with van der Waals surface area (Å²) >= 11 is 0. The van der Waals surface area contributed by atoms with Crippen molar-refractivity contribution in [1.29, 1.82) is 0 Å². The molecule has 0 unspecified atom stereocenters. The molecule has 0 aromatic heterocycles. The highest BCUT2D eigenvalue weighted by molar-refractivity contribution is 5.89. The molecule has 0 fully saturated rings. The van der Waals surface area contributed by atoms with Crippen LogP contribution in [0.15, 0.2) is 54.6 Å². The Hall–Kier alpha value is -3.68. The van der Waals surface area contributed by atoms with Crippen molar-refractivity contribution in [2.45, 2.75) is 6.54 Å². The van der Waals surface area contributed by atoms with Gasteiger partial charge in [0.1, 0.15) is 5.75 Å². The largest absolute Gasteiger partial charge is 0.497 e. The van der Waals surface area contributed by atoms with E-state index in [1.165, 1.54) is 35.2 Å². The summed E-state index contributed by atoms with van der Waals surface area (Å²) in [6, 6.07) is 13.0. The molecule has 0 bridgehead atoms. The Morgan fingerprint density at radius 3 is 2.32 bits per heavy atom. The quantitative estimate of drug-likeness (QED) is 0.300. The van der Waals surface area contributed by atoms with Crippen LogP contribution in [0.25, 0.3) is 6.08 Å². The van der Waals surface area contributed by atoms with Gasteiger partial charge in [0.25, 0.3) is 11.6 Å². The SMILES string of the molecule is COc1ccc(CN(C)C(=O)COC(=O)/C=C/c2ccc([N+](=O)[O-])cc2)cc1. The maximum atomic E-state index is 12.1. The van der Waals surface area contributed by atoms with Gasteiger partial charge in [-0.2, -0.15) is 0 Å². The smallest absolute Gasteiger partial charge is 0.331 e. The van der Waals surface area contributed by atoms with E-state index in [-0.39, 0.29) is 18.2 Å². The molecule has 0 N–H and O–H groups in total. The van der Waals surface area contributed by atoms with Crippen molar-refractivity contribution in [3.05, 3.63) is 75.8 Å². The molecule has 0 saturated heterocycles. The van der Waals surface area contributed by atoms with Crippen LogP contribution in [0.5, 0.6) is 5.75 Å². The van der Waals surface area contributed by atoms with Gasteiger partial charge in [-0.3, -0.25) is 14.9 Å². The predicted molar refractivity (Wildman–Crippen MR) is 103 cm³/mol. The van der Waals surface area contributed by atoms with Crippen molar-refractivity contribution >= 4 is 23.6 Å². The minimum atomic E-state index is -0.676. The van der Waals surface area contributed by atoms with Crippen LogP contribution in [0.2, 0.25) is 0 Å². The van der Waals surface area contributed by atoms with Gasteiger partial charge < -0.3 is 14.4 Å². The van der Waals surface area contributed by atoms with Crippen LogP contribution in [-0.4, -0.2) is 42.5 Å². The van der Waals surface area contributed by atoms with E-state index in [0.29, 0.717) is 12.1 Å². The predicted octanol–water partition coefficient (Wildman–Crippen LogP) is 2.82. The average molecular weight is 384 g/mol. The molecule has 0 aliphatic carbocycles. The number of amides is 1. The van der Waals surface area contributed by atoms with Crippen LogP contribution >= 0.6 is 0 Å². The monoisotopic (exact) mass is 384 g/mol. The highest BCUT2D eigenvalue weighted by Gasteiger charge is 2.11. The molecule has 0 atom stereocenters. The van der Waals surface area contributed by atoms with Crippen LogP contribution in [0.3, 0.4) is 0 Å². The zero-order chi connectivity index (χ0) is 20.5. The van der Waals surface area contributed by atoms with Gasteiger partial charge >= 0.3 is 5.97 Å². The second-order valence-corrected chi connectivity index (χ2v) is 5.89. The molecular weight excluding hydrogens is 364 g/mol. The molecular formula is C20H20N2O6. The maximum Gasteiger partial charge on any atom is 0.331 e. The number of nitrogens with zero attached hydrogens (tertiary/aromatic N) is 2.